The van der Waals surface area contributed by atoms with Crippen LogP contribution in [0.5, 0.6) is 0 Å². The van der Waals surface area contributed by atoms with Crippen LogP contribution in [-0.4, -0.2) is 54.1 Å². The molecule has 3 heterocycles. The number of aliphatic hydroxyl groups is 2. The van der Waals surface area contributed by atoms with Crippen molar-refractivity contribution in [3.05, 3.63) is 12.4 Å². The molecule has 8 nitrogen and oxygen atoms in total. The highest BCUT2D eigenvalue weighted by Gasteiger charge is 2.47. The predicted molar refractivity (Wildman–Crippen MR) is 81.3 cm³/mol. The number of halogens is 1. The molecular formula is C15H16FN5O3. The molecule has 2 aliphatic rings. The Balaban J connectivity index is 1.73. The zero-order valence-electron chi connectivity index (χ0n) is 12.7. The number of nitrogens with one attached hydrogen (secondary N) is 1. The maximum atomic E-state index is 13.8. The first kappa shape index (κ1) is 15.3. The Morgan fingerprint density at radius 3 is 2.92 bits per heavy atom. The highest BCUT2D eigenvalue weighted by molar-refractivity contribution is 5.83. The molecule has 0 spiro atoms. The molecule has 0 bridgehead atoms. The second-order valence-corrected chi connectivity index (χ2v) is 6.10. The molecule has 4 rings (SSSR count). The number of terminal acetylenes is 1. The number of hydrogen-bond donors (Lipinski definition) is 3. The van der Waals surface area contributed by atoms with Crippen LogP contribution in [0, 0.1) is 18.4 Å². The molecule has 126 valence electrons. The van der Waals surface area contributed by atoms with E-state index in [1.54, 1.807) is 0 Å². The van der Waals surface area contributed by atoms with Crippen LogP contribution in [0.1, 0.15) is 25.5 Å². The van der Waals surface area contributed by atoms with E-state index >= 15 is 0 Å². The third-order valence-corrected chi connectivity index (χ3v) is 4.41. The largest absolute Gasteiger partial charge is 0.392 e. The number of fused-ring (bicyclic) bond motifs is 1. The molecule has 0 aromatic carbocycles. The minimum absolute atomic E-state index is 0.132. The molecule has 2 aromatic heterocycles. The van der Waals surface area contributed by atoms with Crippen molar-refractivity contribution < 1.29 is 19.3 Å². The molecule has 1 saturated heterocycles. The van der Waals surface area contributed by atoms with E-state index in [2.05, 4.69) is 26.2 Å². The van der Waals surface area contributed by atoms with E-state index in [0.29, 0.717) is 11.3 Å². The van der Waals surface area contributed by atoms with Crippen molar-refractivity contribution in [3.63, 3.8) is 0 Å². The van der Waals surface area contributed by atoms with E-state index in [0.717, 1.165) is 12.8 Å². The van der Waals surface area contributed by atoms with Crippen LogP contribution in [0.3, 0.4) is 0 Å². The Bertz CT molecular complexity index is 830. The van der Waals surface area contributed by atoms with Gasteiger partial charge in [0.15, 0.2) is 22.6 Å². The van der Waals surface area contributed by atoms with E-state index in [1.165, 1.54) is 10.9 Å². The molecule has 3 atom stereocenters. The summed E-state index contributed by atoms with van der Waals surface area (Å²) in [6.07, 6.45) is 6.34. The van der Waals surface area contributed by atoms with Gasteiger partial charge in [-0.25, -0.2) is 4.98 Å². The summed E-state index contributed by atoms with van der Waals surface area (Å²) in [7, 11) is 0. The summed E-state index contributed by atoms with van der Waals surface area (Å²) < 4.78 is 21.0. The first-order valence-corrected chi connectivity index (χ1v) is 7.67. The minimum Gasteiger partial charge on any atom is -0.392 e. The number of anilines is 1. The molecule has 1 aliphatic heterocycles. The average Bonchev–Trinajstić information content (AvgIpc) is 3.17. The Morgan fingerprint density at radius 2 is 2.29 bits per heavy atom. The number of nitrogens with zero attached hydrogens (tertiary/aromatic N) is 4. The average molecular weight is 333 g/mol. The molecule has 0 unspecified atom stereocenters. The summed E-state index contributed by atoms with van der Waals surface area (Å²) in [5, 5.41) is 22.7. The zero-order valence-corrected chi connectivity index (χ0v) is 12.7. The van der Waals surface area contributed by atoms with Gasteiger partial charge < -0.3 is 20.3 Å². The van der Waals surface area contributed by atoms with Crippen LogP contribution < -0.4 is 5.32 Å². The van der Waals surface area contributed by atoms with Gasteiger partial charge in [-0.2, -0.15) is 14.4 Å². The van der Waals surface area contributed by atoms with Crippen molar-refractivity contribution in [2.75, 3.05) is 11.9 Å². The molecule has 1 aliphatic carbocycles. The summed E-state index contributed by atoms with van der Waals surface area (Å²) >= 11 is 0. The van der Waals surface area contributed by atoms with Crippen molar-refractivity contribution >= 4 is 17.0 Å². The number of aliphatic hydroxyl groups excluding tert-OH is 2. The number of hydrogen-bond acceptors (Lipinski definition) is 7. The van der Waals surface area contributed by atoms with Gasteiger partial charge in [0.1, 0.15) is 12.3 Å². The molecule has 1 saturated carbocycles. The van der Waals surface area contributed by atoms with Crippen LogP contribution in [0.4, 0.5) is 10.2 Å². The third kappa shape index (κ3) is 2.31. The summed E-state index contributed by atoms with van der Waals surface area (Å²) in [6.45, 7) is -0.522. The maximum absolute atomic E-state index is 13.8. The second kappa shape index (κ2) is 5.37. The highest BCUT2D eigenvalue weighted by Crippen LogP contribution is 2.38. The molecule has 9 heteroatoms. The second-order valence-electron chi connectivity index (χ2n) is 6.10. The fourth-order valence-corrected chi connectivity index (χ4v) is 2.86. The van der Waals surface area contributed by atoms with Crippen LogP contribution in [0.15, 0.2) is 6.33 Å². The summed E-state index contributed by atoms with van der Waals surface area (Å²) in [5.74, 6) is 2.63. The zero-order chi connectivity index (χ0) is 16.9. The number of aromatic nitrogens is 4. The molecule has 2 aromatic rings. The minimum atomic E-state index is -1.48. The van der Waals surface area contributed by atoms with E-state index in [9.17, 15) is 14.6 Å². The lowest BCUT2D eigenvalue weighted by molar-refractivity contribution is -0.0891. The van der Waals surface area contributed by atoms with E-state index in [1.807, 2.05) is 0 Å². The maximum Gasteiger partial charge on any atom is 0.312 e. The Labute approximate surface area is 136 Å². The number of imidazole rings is 1. The van der Waals surface area contributed by atoms with Crippen molar-refractivity contribution in [1.82, 2.24) is 19.5 Å². The van der Waals surface area contributed by atoms with E-state index in [4.69, 9.17) is 11.2 Å². The van der Waals surface area contributed by atoms with Gasteiger partial charge in [-0.1, -0.05) is 5.92 Å². The van der Waals surface area contributed by atoms with Gasteiger partial charge in [-0.05, 0) is 12.8 Å². The third-order valence-electron chi connectivity index (χ3n) is 4.41. The first-order valence-electron chi connectivity index (χ1n) is 7.67. The van der Waals surface area contributed by atoms with Gasteiger partial charge in [0.2, 0.25) is 0 Å². The van der Waals surface area contributed by atoms with E-state index < -0.39 is 30.6 Å². The Hall–Kier alpha value is -2.28. The summed E-state index contributed by atoms with van der Waals surface area (Å²) in [6, 6.07) is 0.278. The van der Waals surface area contributed by atoms with Crippen molar-refractivity contribution in [2.24, 2.45) is 0 Å². The van der Waals surface area contributed by atoms with Gasteiger partial charge in [-0.15, -0.1) is 6.42 Å². The molecular weight excluding hydrogens is 317 g/mol. The fourth-order valence-electron chi connectivity index (χ4n) is 2.86. The van der Waals surface area contributed by atoms with Crippen molar-refractivity contribution in [2.45, 2.75) is 43.2 Å². The Kier molecular flexibility index (Phi) is 3.42. The molecule has 24 heavy (non-hydrogen) atoms. The highest BCUT2D eigenvalue weighted by atomic mass is 19.1. The fraction of sp³-hybridized carbons (Fsp3) is 0.533. The first-order chi connectivity index (χ1) is 11.6. The normalized spacial score (nSPS) is 29.8. The lowest BCUT2D eigenvalue weighted by Crippen LogP contribution is -2.41. The topological polar surface area (TPSA) is 105 Å². The molecule has 0 amide bonds. The van der Waals surface area contributed by atoms with Gasteiger partial charge >= 0.3 is 6.08 Å². The quantitative estimate of drug-likeness (QED) is 0.541. The molecule has 3 N–H and O–H groups in total. The predicted octanol–water partition coefficient (Wildman–Crippen LogP) is 0.184. The van der Waals surface area contributed by atoms with Crippen LogP contribution >= 0.6 is 0 Å². The number of rotatable bonds is 4. The summed E-state index contributed by atoms with van der Waals surface area (Å²) in [5.41, 5.74) is -0.820. The molecule has 2 fully saturated rings. The van der Waals surface area contributed by atoms with Crippen molar-refractivity contribution in [3.8, 4) is 12.3 Å². The van der Waals surface area contributed by atoms with Gasteiger partial charge in [-0.3, -0.25) is 4.57 Å². The van der Waals surface area contributed by atoms with Gasteiger partial charge in [0.05, 0.1) is 12.9 Å². The number of ether oxygens (including phenoxy) is 1. The van der Waals surface area contributed by atoms with E-state index in [-0.39, 0.29) is 18.1 Å². The Morgan fingerprint density at radius 1 is 1.50 bits per heavy atom. The van der Waals surface area contributed by atoms with Crippen molar-refractivity contribution in [1.29, 1.82) is 0 Å². The lowest BCUT2D eigenvalue weighted by atomic mass is 9.99. The molecule has 0 radical (unpaired) electrons. The lowest BCUT2D eigenvalue weighted by Gasteiger charge is -2.23. The van der Waals surface area contributed by atoms with Crippen LogP contribution in [0.25, 0.3) is 11.2 Å². The SMILES string of the molecule is C#C[C@]1(CO)O[C@@H](n2cnc3c(NC4CC4)nc(F)nc32)C[C@@H]1O. The summed E-state index contributed by atoms with van der Waals surface area (Å²) in [4.78, 5) is 11.8. The van der Waals surface area contributed by atoms with Crippen LogP contribution in [-0.2, 0) is 4.74 Å². The van der Waals surface area contributed by atoms with Crippen LogP contribution in [0.2, 0.25) is 0 Å². The van der Waals surface area contributed by atoms with Gasteiger partial charge in [0, 0.05) is 12.5 Å². The monoisotopic (exact) mass is 333 g/mol. The standard InChI is InChI=1S/C15H16FN5O3/c1-2-15(6-22)9(23)5-10(24-15)21-7-17-11-12(18-8-3-4-8)19-14(16)20-13(11)21/h1,7-10,22-23H,3-6H2,(H,18,19,20)/t9-,10+,15+/m0/s1. The smallest absolute Gasteiger partial charge is 0.312 e. The van der Waals surface area contributed by atoms with Gasteiger partial charge in [0.25, 0.3) is 0 Å².